The summed E-state index contributed by atoms with van der Waals surface area (Å²) < 4.78 is 36.5. The van der Waals surface area contributed by atoms with Crippen molar-refractivity contribution in [3.8, 4) is 17.7 Å². The van der Waals surface area contributed by atoms with Crippen molar-refractivity contribution in [3.05, 3.63) is 40.8 Å². The van der Waals surface area contributed by atoms with Crippen LogP contribution in [0, 0.1) is 11.3 Å². The highest BCUT2D eigenvalue weighted by Gasteiger charge is 2.18. The third-order valence-corrected chi connectivity index (χ3v) is 4.40. The molecule has 0 aliphatic rings. The van der Waals surface area contributed by atoms with E-state index in [4.69, 9.17) is 38.9 Å². The van der Waals surface area contributed by atoms with Gasteiger partial charge in [0.25, 0.3) is 6.43 Å². The molecule has 2 heterocycles. The van der Waals surface area contributed by atoms with Crippen molar-refractivity contribution in [2.24, 2.45) is 10.8 Å². The molecule has 0 saturated carbocycles. The van der Waals surface area contributed by atoms with Gasteiger partial charge in [-0.25, -0.2) is 28.3 Å². The van der Waals surface area contributed by atoms with E-state index in [1.54, 1.807) is 0 Å². The van der Waals surface area contributed by atoms with Crippen LogP contribution < -0.4 is 15.9 Å². The molecular formula is C18H11Cl2F2N7O4. The number of nitrogens with two attached hydrogens (primary N) is 1. The zero-order valence-electron chi connectivity index (χ0n) is 16.1. The molecule has 0 spiro atoms. The number of primary amides is 1. The number of carbonyl (C=O) groups excluding carboxylic acids is 2. The number of alkyl halides is 2. The first kappa shape index (κ1) is 23.6. The van der Waals surface area contributed by atoms with Crippen LogP contribution in [0.25, 0.3) is 11.0 Å². The van der Waals surface area contributed by atoms with Crippen LogP contribution in [-0.4, -0.2) is 38.7 Å². The maximum Gasteiger partial charge on any atom is 0.412 e. The Morgan fingerprint density at radius 3 is 2.61 bits per heavy atom. The Kier molecular flexibility index (Phi) is 7.21. The van der Waals surface area contributed by atoms with Gasteiger partial charge in [-0.15, -0.1) is 0 Å². The number of halogens is 4. The lowest BCUT2D eigenvalue weighted by molar-refractivity contribution is -0.129. The fourth-order valence-corrected chi connectivity index (χ4v) is 3.12. The van der Waals surface area contributed by atoms with Gasteiger partial charge in [-0.3, -0.25) is 5.43 Å². The van der Waals surface area contributed by atoms with E-state index >= 15 is 0 Å². The number of anilines is 1. The summed E-state index contributed by atoms with van der Waals surface area (Å²) in [5.74, 6) is -1.35. The van der Waals surface area contributed by atoms with Crippen LogP contribution in [0.15, 0.2) is 35.8 Å². The molecule has 3 rings (SSSR count). The van der Waals surface area contributed by atoms with Gasteiger partial charge in [0.05, 0.1) is 27.7 Å². The van der Waals surface area contributed by atoms with Crippen LogP contribution in [0.4, 0.5) is 19.3 Å². The number of rotatable bonds is 7. The zero-order valence-corrected chi connectivity index (χ0v) is 17.6. The highest BCUT2D eigenvalue weighted by Crippen LogP contribution is 2.39. The molecule has 0 bridgehead atoms. The second kappa shape index (κ2) is 10.1. The van der Waals surface area contributed by atoms with Gasteiger partial charge in [0.2, 0.25) is 11.6 Å². The minimum Gasteiger partial charge on any atom is -0.435 e. The average molecular weight is 498 g/mol. The van der Waals surface area contributed by atoms with Crippen LogP contribution in [0.2, 0.25) is 10.0 Å². The number of hydrogen-bond acceptors (Lipinski definition) is 9. The predicted molar refractivity (Wildman–Crippen MR) is 112 cm³/mol. The second-order valence-corrected chi connectivity index (χ2v) is 6.85. The first-order valence-corrected chi connectivity index (χ1v) is 9.45. The van der Waals surface area contributed by atoms with Crippen LogP contribution in [0.1, 0.15) is 0 Å². The van der Waals surface area contributed by atoms with E-state index in [1.807, 2.05) is 0 Å². The van der Waals surface area contributed by atoms with E-state index in [0.717, 1.165) is 6.33 Å². The molecule has 1 amide bonds. The van der Waals surface area contributed by atoms with Crippen LogP contribution in [0.3, 0.4) is 0 Å². The molecule has 33 heavy (non-hydrogen) atoms. The minimum absolute atomic E-state index is 0.0110. The van der Waals surface area contributed by atoms with E-state index in [1.165, 1.54) is 35.0 Å². The largest absolute Gasteiger partial charge is 0.435 e. The number of aromatic nitrogens is 3. The van der Waals surface area contributed by atoms with Gasteiger partial charge in [-0.05, 0) is 18.2 Å². The molecule has 0 aliphatic carbocycles. The van der Waals surface area contributed by atoms with Gasteiger partial charge in [0.15, 0.2) is 5.75 Å². The topological polar surface area (TPSA) is 158 Å². The van der Waals surface area contributed by atoms with Crippen LogP contribution in [-0.2, 0) is 16.1 Å². The Morgan fingerprint density at radius 2 is 2.00 bits per heavy atom. The van der Waals surface area contributed by atoms with Gasteiger partial charge in [-0.1, -0.05) is 23.2 Å². The van der Waals surface area contributed by atoms with Crippen molar-refractivity contribution in [3.63, 3.8) is 0 Å². The van der Waals surface area contributed by atoms with Crippen molar-refractivity contribution in [2.75, 3.05) is 5.43 Å². The maximum atomic E-state index is 12.7. The van der Waals surface area contributed by atoms with Crippen molar-refractivity contribution in [2.45, 2.75) is 13.0 Å². The molecule has 3 aromatic rings. The quantitative estimate of drug-likeness (QED) is 0.216. The smallest absolute Gasteiger partial charge is 0.412 e. The molecular weight excluding hydrogens is 487 g/mol. The molecule has 3 N–H and O–H groups in total. The molecule has 11 nitrogen and oxygen atoms in total. The third-order valence-electron chi connectivity index (χ3n) is 3.84. The van der Waals surface area contributed by atoms with E-state index in [9.17, 15) is 18.4 Å². The molecule has 0 fully saturated rings. The second-order valence-electron chi connectivity index (χ2n) is 6.04. The summed E-state index contributed by atoms with van der Waals surface area (Å²) in [6.45, 7) is -0.556. The summed E-state index contributed by atoms with van der Waals surface area (Å²) in [5, 5.41) is 12.8. The first-order chi connectivity index (χ1) is 15.7. The average Bonchev–Trinajstić information content (AvgIpc) is 3.13. The number of benzene rings is 1. The van der Waals surface area contributed by atoms with Crippen LogP contribution >= 0.6 is 23.2 Å². The molecule has 15 heteroatoms. The molecule has 0 aliphatic heterocycles. The number of ether oxygens (including phenoxy) is 2. The predicted octanol–water partition coefficient (Wildman–Crippen LogP) is 3.71. The highest BCUT2D eigenvalue weighted by atomic mass is 35.5. The van der Waals surface area contributed by atoms with E-state index < -0.39 is 30.7 Å². The van der Waals surface area contributed by atoms with Crippen molar-refractivity contribution in [1.82, 2.24) is 14.5 Å². The summed E-state index contributed by atoms with van der Waals surface area (Å²) >= 11 is 12.5. The number of esters is 1. The third kappa shape index (κ3) is 5.62. The van der Waals surface area contributed by atoms with Gasteiger partial charge < -0.3 is 19.8 Å². The summed E-state index contributed by atoms with van der Waals surface area (Å²) in [6.07, 6.45) is -1.42. The number of amides is 1. The summed E-state index contributed by atoms with van der Waals surface area (Å²) in [4.78, 5) is 30.1. The van der Waals surface area contributed by atoms with Crippen LogP contribution in [0.5, 0.6) is 11.6 Å². The number of carbonyl (C=O) groups is 2. The minimum atomic E-state index is -2.58. The van der Waals surface area contributed by atoms with Crippen molar-refractivity contribution >= 4 is 57.7 Å². The lowest BCUT2D eigenvalue weighted by atomic mass is 10.3. The Morgan fingerprint density at radius 1 is 1.30 bits per heavy atom. The fraction of sp³-hybridized carbons (Fsp3) is 0.111. The number of hydrazone groups is 1. The summed E-state index contributed by atoms with van der Waals surface area (Å²) in [6, 6.07) is 5.55. The molecule has 0 radical (unpaired) electrons. The number of nitriles is 1. The first-order valence-electron chi connectivity index (χ1n) is 8.70. The molecule has 0 unspecified atom stereocenters. The number of nitrogens with one attached hydrogen (secondary N) is 1. The SMILES string of the molecule is N#CC(=NNc1cc(Cl)c(Oc2ncnc3c2ccn3CC(F)F)c(Cl)c1)C(=O)OC(N)=O. The number of hydrogen-bond donors (Lipinski definition) is 2. The normalized spacial score (nSPS) is 11.3. The molecule has 2 aromatic heterocycles. The standard InChI is InChI=1S/C18H11Cl2F2N7O4/c19-10-3-8(27-28-12(5-23)17(30)33-18(24)31)4-11(20)14(10)32-16-9-1-2-29(6-13(21)22)15(9)25-7-26-16/h1-4,7,13,27H,6H2,(H2,24,31). The monoisotopic (exact) mass is 497 g/mol. The number of fused-ring (bicyclic) bond motifs is 1. The Bertz CT molecular complexity index is 1280. The van der Waals surface area contributed by atoms with E-state index in [-0.39, 0.29) is 33.0 Å². The number of nitrogens with zero attached hydrogens (tertiary/aromatic N) is 5. The molecule has 170 valence electrons. The molecule has 1 aromatic carbocycles. The fourth-order valence-electron chi connectivity index (χ4n) is 2.55. The van der Waals surface area contributed by atoms with E-state index in [2.05, 4.69) is 25.2 Å². The lowest BCUT2D eigenvalue weighted by Crippen LogP contribution is -2.24. The van der Waals surface area contributed by atoms with Crippen molar-refractivity contribution < 1.29 is 27.8 Å². The van der Waals surface area contributed by atoms with Crippen molar-refractivity contribution in [1.29, 1.82) is 5.26 Å². The summed E-state index contributed by atoms with van der Waals surface area (Å²) in [5.41, 5.74) is 6.65. The Balaban J connectivity index is 1.85. The molecule has 0 saturated heterocycles. The highest BCUT2D eigenvalue weighted by molar-refractivity contribution is 6.44. The Hall–Kier alpha value is -4.02. The van der Waals surface area contributed by atoms with Gasteiger partial charge in [0.1, 0.15) is 18.0 Å². The Labute approximate surface area is 193 Å². The zero-order chi connectivity index (χ0) is 24.1. The lowest BCUT2D eigenvalue weighted by Gasteiger charge is -2.11. The van der Waals surface area contributed by atoms with E-state index in [0.29, 0.717) is 5.39 Å². The van der Waals surface area contributed by atoms with Gasteiger partial charge in [-0.2, -0.15) is 10.4 Å². The summed E-state index contributed by atoms with van der Waals surface area (Å²) in [7, 11) is 0. The molecule has 0 atom stereocenters. The maximum absolute atomic E-state index is 12.7. The van der Waals surface area contributed by atoms with Gasteiger partial charge in [0, 0.05) is 6.20 Å². The van der Waals surface area contributed by atoms with Gasteiger partial charge >= 0.3 is 12.1 Å².